The van der Waals surface area contributed by atoms with Gasteiger partial charge < -0.3 is 15.0 Å². The highest BCUT2D eigenvalue weighted by Gasteiger charge is 2.20. The van der Waals surface area contributed by atoms with Crippen LogP contribution in [0.4, 0.5) is 0 Å². The third-order valence-corrected chi connectivity index (χ3v) is 3.23. The Morgan fingerprint density at radius 3 is 2.80 bits per heavy atom. The van der Waals surface area contributed by atoms with Gasteiger partial charge in [-0.25, -0.2) is 0 Å². The first-order valence-electron chi connectivity index (χ1n) is 6.96. The molecule has 0 aromatic carbocycles. The van der Waals surface area contributed by atoms with Crippen LogP contribution in [0.3, 0.4) is 0 Å². The van der Waals surface area contributed by atoms with Crippen molar-refractivity contribution in [1.29, 1.82) is 0 Å². The highest BCUT2D eigenvalue weighted by molar-refractivity contribution is 6.02. The van der Waals surface area contributed by atoms with E-state index in [9.17, 15) is 9.59 Å². The minimum atomic E-state index is -0.147. The molecule has 1 saturated heterocycles. The van der Waals surface area contributed by atoms with Crippen molar-refractivity contribution >= 4 is 11.8 Å². The van der Waals surface area contributed by atoms with Gasteiger partial charge in [-0.3, -0.25) is 9.59 Å². The first-order chi connectivity index (χ1) is 9.72. The summed E-state index contributed by atoms with van der Waals surface area (Å²) < 4.78 is 5.25. The average Bonchev–Trinajstić information content (AvgIpc) is 2.74. The van der Waals surface area contributed by atoms with Crippen LogP contribution in [-0.2, 0) is 14.3 Å². The van der Waals surface area contributed by atoms with Crippen LogP contribution in [0.15, 0.2) is 35.5 Å². The summed E-state index contributed by atoms with van der Waals surface area (Å²) in [5.41, 5.74) is 1.11. The van der Waals surface area contributed by atoms with E-state index >= 15 is 0 Å². The summed E-state index contributed by atoms with van der Waals surface area (Å²) in [5.74, 6) is -0.176. The van der Waals surface area contributed by atoms with E-state index in [1.807, 2.05) is 19.1 Å². The quantitative estimate of drug-likeness (QED) is 0.839. The molecule has 20 heavy (non-hydrogen) atoms. The lowest BCUT2D eigenvalue weighted by Crippen LogP contribution is -2.41. The highest BCUT2D eigenvalue weighted by atomic mass is 16.5. The highest BCUT2D eigenvalue weighted by Crippen LogP contribution is 2.15. The third kappa shape index (κ3) is 3.57. The number of nitrogens with zero attached hydrogens (tertiary/aromatic N) is 1. The van der Waals surface area contributed by atoms with Gasteiger partial charge in [-0.05, 0) is 19.4 Å². The number of carbonyl (C=O) groups excluding carboxylic acids is 2. The van der Waals surface area contributed by atoms with Crippen molar-refractivity contribution in [3.05, 3.63) is 35.5 Å². The molecule has 1 aliphatic carbocycles. The maximum atomic E-state index is 12.4. The summed E-state index contributed by atoms with van der Waals surface area (Å²) in [6.45, 7) is 4.80. The van der Waals surface area contributed by atoms with Crippen molar-refractivity contribution in [2.24, 2.45) is 0 Å². The molecule has 110 valence electrons. The molecule has 0 spiro atoms. The number of amides is 2. The lowest BCUT2D eigenvalue weighted by Gasteiger charge is -2.27. The average molecular weight is 278 g/mol. The Morgan fingerprint density at radius 2 is 2.10 bits per heavy atom. The molecule has 2 aliphatic rings. The van der Waals surface area contributed by atoms with Crippen molar-refractivity contribution in [2.45, 2.75) is 13.3 Å². The van der Waals surface area contributed by atoms with Crippen molar-refractivity contribution in [2.75, 3.05) is 32.8 Å². The number of morpholine rings is 1. The smallest absolute Gasteiger partial charge is 0.253 e. The van der Waals surface area contributed by atoms with Gasteiger partial charge >= 0.3 is 0 Å². The third-order valence-electron chi connectivity index (χ3n) is 3.23. The Hall–Kier alpha value is -1.88. The second-order valence-corrected chi connectivity index (χ2v) is 4.66. The molecule has 1 fully saturated rings. The summed E-state index contributed by atoms with van der Waals surface area (Å²) in [6.07, 6.45) is 7.85. The van der Waals surface area contributed by atoms with E-state index in [2.05, 4.69) is 5.32 Å². The lowest BCUT2D eigenvalue weighted by molar-refractivity contribution is -0.130. The SMILES string of the molecule is CCNC(=O)C1=CC(C(=O)N2CCOCC2)=CCC=C1.[HH]. The standard InChI is InChI=1S/C15H20N2O3.H2/c1-2-16-14(18)12-5-3-4-6-13(11-12)15(19)17-7-9-20-10-8-17;/h3,5-6,11H,2,4,7-10H2,1H3,(H,16,18);1H. The Balaban J connectivity index is 0.00000220. The minimum Gasteiger partial charge on any atom is -0.378 e. The van der Waals surface area contributed by atoms with E-state index in [1.165, 1.54) is 0 Å². The van der Waals surface area contributed by atoms with Crippen LogP contribution < -0.4 is 5.32 Å². The fourth-order valence-corrected chi connectivity index (χ4v) is 2.17. The van der Waals surface area contributed by atoms with Gasteiger partial charge in [0.2, 0.25) is 0 Å². The summed E-state index contributed by atoms with van der Waals surface area (Å²) in [7, 11) is 0. The number of allylic oxidation sites excluding steroid dienone is 2. The molecule has 2 amide bonds. The second kappa shape index (κ2) is 7.05. The summed E-state index contributed by atoms with van der Waals surface area (Å²) in [6, 6.07) is 0. The largest absolute Gasteiger partial charge is 0.378 e. The zero-order valence-corrected chi connectivity index (χ0v) is 11.7. The molecule has 0 atom stereocenters. The first-order valence-corrected chi connectivity index (χ1v) is 6.96. The van der Waals surface area contributed by atoms with E-state index in [-0.39, 0.29) is 13.2 Å². The number of hydrogen-bond donors (Lipinski definition) is 1. The van der Waals surface area contributed by atoms with E-state index in [1.54, 1.807) is 17.1 Å². The number of likely N-dealkylation sites (N-methyl/N-ethyl adjacent to an activating group) is 1. The normalized spacial score (nSPS) is 18.9. The molecule has 1 aliphatic heterocycles. The van der Waals surface area contributed by atoms with E-state index in [4.69, 9.17) is 4.74 Å². The summed E-state index contributed by atoms with van der Waals surface area (Å²) >= 11 is 0. The first kappa shape index (κ1) is 14.5. The fraction of sp³-hybridized carbons (Fsp3) is 0.467. The topological polar surface area (TPSA) is 58.6 Å². The Labute approximate surface area is 120 Å². The molecule has 5 heteroatoms. The van der Waals surface area contributed by atoms with Crippen LogP contribution in [-0.4, -0.2) is 49.6 Å². The maximum Gasteiger partial charge on any atom is 0.253 e. The van der Waals surface area contributed by atoms with E-state index in [0.717, 1.165) is 0 Å². The van der Waals surface area contributed by atoms with E-state index < -0.39 is 0 Å². The van der Waals surface area contributed by atoms with Crippen LogP contribution in [0.1, 0.15) is 14.8 Å². The Kier molecular flexibility index (Phi) is 5.12. The number of hydrogen-bond acceptors (Lipinski definition) is 3. The van der Waals surface area contributed by atoms with Gasteiger partial charge in [0.25, 0.3) is 11.8 Å². The molecule has 0 saturated carbocycles. The van der Waals surface area contributed by atoms with Gasteiger partial charge in [-0.15, -0.1) is 0 Å². The summed E-state index contributed by atoms with van der Waals surface area (Å²) in [4.78, 5) is 26.1. The zero-order chi connectivity index (χ0) is 14.4. The van der Waals surface area contributed by atoms with Crippen LogP contribution in [0, 0.1) is 0 Å². The van der Waals surface area contributed by atoms with Crippen molar-refractivity contribution in [1.82, 2.24) is 10.2 Å². The second-order valence-electron chi connectivity index (χ2n) is 4.66. The Morgan fingerprint density at radius 1 is 1.35 bits per heavy atom. The minimum absolute atomic E-state index is 0. The summed E-state index contributed by atoms with van der Waals surface area (Å²) in [5, 5.41) is 2.75. The fourth-order valence-electron chi connectivity index (χ4n) is 2.17. The zero-order valence-electron chi connectivity index (χ0n) is 11.7. The van der Waals surface area contributed by atoms with Crippen LogP contribution in [0.5, 0.6) is 0 Å². The molecule has 0 aromatic heterocycles. The van der Waals surface area contributed by atoms with E-state index in [0.29, 0.717) is 50.4 Å². The van der Waals surface area contributed by atoms with Crippen molar-refractivity contribution < 1.29 is 15.8 Å². The van der Waals surface area contributed by atoms with Gasteiger partial charge in [-0.2, -0.15) is 0 Å². The van der Waals surface area contributed by atoms with Crippen LogP contribution >= 0.6 is 0 Å². The monoisotopic (exact) mass is 278 g/mol. The predicted octanol–water partition coefficient (Wildman–Crippen LogP) is 1.04. The maximum absolute atomic E-state index is 12.4. The number of ether oxygens (including phenoxy) is 1. The van der Waals surface area contributed by atoms with Gasteiger partial charge in [0.05, 0.1) is 13.2 Å². The van der Waals surface area contributed by atoms with Gasteiger partial charge in [0.1, 0.15) is 0 Å². The van der Waals surface area contributed by atoms with Crippen LogP contribution in [0.2, 0.25) is 0 Å². The molecule has 1 heterocycles. The molecular weight excluding hydrogens is 256 g/mol. The molecule has 5 nitrogen and oxygen atoms in total. The van der Waals surface area contributed by atoms with Gasteiger partial charge in [0.15, 0.2) is 0 Å². The number of rotatable bonds is 3. The predicted molar refractivity (Wildman–Crippen MR) is 78.1 cm³/mol. The molecule has 2 rings (SSSR count). The lowest BCUT2D eigenvalue weighted by atomic mass is 10.1. The molecule has 0 radical (unpaired) electrons. The van der Waals surface area contributed by atoms with Crippen molar-refractivity contribution in [3.8, 4) is 0 Å². The molecule has 0 aromatic rings. The van der Waals surface area contributed by atoms with Crippen molar-refractivity contribution in [3.63, 3.8) is 0 Å². The molecule has 0 bridgehead atoms. The van der Waals surface area contributed by atoms with Gasteiger partial charge in [0, 0.05) is 32.2 Å². The van der Waals surface area contributed by atoms with Gasteiger partial charge in [-0.1, -0.05) is 18.2 Å². The molecule has 0 unspecified atom stereocenters. The number of carbonyl (C=O) groups is 2. The Bertz CT molecular complexity index is 477. The molecular formula is C15H22N2O3. The van der Waals surface area contributed by atoms with Crippen LogP contribution in [0.25, 0.3) is 0 Å². The molecule has 1 N–H and O–H groups in total. The number of nitrogens with one attached hydrogen (secondary N) is 1.